The molecule has 0 radical (unpaired) electrons. The second kappa shape index (κ2) is 6.80. The van der Waals surface area contributed by atoms with Crippen LogP contribution in [-0.4, -0.2) is 42.3 Å². The molecule has 0 bridgehead atoms. The number of thioether (sulfide) groups is 1. The summed E-state index contributed by atoms with van der Waals surface area (Å²) in [5.41, 5.74) is 0.858. The minimum Gasteiger partial charge on any atom is -0.316 e. The average Bonchev–Trinajstić information content (AvgIpc) is 2.97. The lowest BCUT2D eigenvalue weighted by Crippen LogP contribution is -2.37. The quantitative estimate of drug-likeness (QED) is 0.736. The van der Waals surface area contributed by atoms with Gasteiger partial charge in [-0.3, -0.25) is 4.79 Å². The Morgan fingerprint density at radius 1 is 1.46 bits per heavy atom. The van der Waals surface area contributed by atoms with E-state index in [1.807, 2.05) is 43.0 Å². The number of sulfone groups is 1. The molecule has 2 aliphatic heterocycles. The molecule has 0 N–H and O–H groups in total. The smallest absolute Gasteiger partial charge is 0.250 e. The lowest BCUT2D eigenvalue weighted by atomic mass is 10.1. The molecule has 0 spiro atoms. The van der Waals surface area contributed by atoms with Gasteiger partial charge in [-0.1, -0.05) is 47.6 Å². The molecule has 3 atom stereocenters. The fourth-order valence-corrected chi connectivity index (χ4v) is 7.18. The predicted octanol–water partition coefficient (Wildman–Crippen LogP) is 3.10. The van der Waals surface area contributed by atoms with E-state index in [2.05, 4.69) is 20.9 Å². The third kappa shape index (κ3) is 3.55. The van der Waals surface area contributed by atoms with Crippen LogP contribution in [0.1, 0.15) is 20.3 Å². The molecule has 8 heteroatoms. The van der Waals surface area contributed by atoms with E-state index in [-0.39, 0.29) is 34.6 Å². The Morgan fingerprint density at radius 2 is 2.21 bits per heavy atom. The number of hydrogen-bond acceptors (Lipinski definition) is 4. The Morgan fingerprint density at radius 3 is 2.88 bits per heavy atom. The number of fused-ring (bicyclic) bond motifs is 1. The number of carbonyl (C=O) groups is 1. The summed E-state index contributed by atoms with van der Waals surface area (Å²) in [7, 11) is -3.04. The molecule has 2 heterocycles. The van der Waals surface area contributed by atoms with Crippen LogP contribution in [0.5, 0.6) is 0 Å². The van der Waals surface area contributed by atoms with Crippen molar-refractivity contribution in [2.45, 2.75) is 31.6 Å². The monoisotopic (exact) mass is 430 g/mol. The fourth-order valence-electron chi connectivity index (χ4n) is 2.87. The molecular weight excluding hydrogens is 412 g/mol. The molecule has 2 aliphatic rings. The Hall–Kier alpha value is -0.860. The maximum Gasteiger partial charge on any atom is 0.250 e. The summed E-state index contributed by atoms with van der Waals surface area (Å²) in [4.78, 5) is 18.5. The standard InChI is InChI=1S/C16H19BrN2O3S2/c1-3-10(2)15(20)18-16-19(12-6-4-5-11(17)7-12)13-8-24(21,22)9-14(13)23-16/h4-7,10,13-14H,3,8-9H2,1-2H3/t10-,13-,14+/m0/s1. The summed E-state index contributed by atoms with van der Waals surface area (Å²) < 4.78 is 24.9. The zero-order chi connectivity index (χ0) is 17.5. The van der Waals surface area contributed by atoms with Gasteiger partial charge in [0, 0.05) is 21.3 Å². The summed E-state index contributed by atoms with van der Waals surface area (Å²) in [6.07, 6.45) is 0.735. The Balaban J connectivity index is 2.00. The van der Waals surface area contributed by atoms with Crippen molar-refractivity contribution in [2.75, 3.05) is 16.4 Å². The predicted molar refractivity (Wildman–Crippen MR) is 102 cm³/mol. The van der Waals surface area contributed by atoms with Crippen molar-refractivity contribution in [1.82, 2.24) is 0 Å². The average molecular weight is 431 g/mol. The van der Waals surface area contributed by atoms with Gasteiger partial charge in [0.05, 0.1) is 17.5 Å². The van der Waals surface area contributed by atoms with Gasteiger partial charge in [-0.25, -0.2) is 8.42 Å². The third-order valence-electron chi connectivity index (χ3n) is 4.39. The number of amides is 1. The van der Waals surface area contributed by atoms with Gasteiger partial charge in [0.25, 0.3) is 5.91 Å². The highest BCUT2D eigenvalue weighted by Crippen LogP contribution is 2.41. The van der Waals surface area contributed by atoms with E-state index in [1.165, 1.54) is 11.8 Å². The third-order valence-corrected chi connectivity index (χ3v) is 8.10. The number of carbonyl (C=O) groups excluding carboxylic acids is 1. The molecule has 0 aliphatic carbocycles. The summed E-state index contributed by atoms with van der Waals surface area (Å²) in [5.74, 6) is -0.0358. The van der Waals surface area contributed by atoms with Crippen molar-refractivity contribution in [3.05, 3.63) is 28.7 Å². The molecule has 3 rings (SSSR count). The number of halogens is 1. The van der Waals surface area contributed by atoms with Crippen LogP contribution in [0.2, 0.25) is 0 Å². The number of benzene rings is 1. The molecule has 24 heavy (non-hydrogen) atoms. The topological polar surface area (TPSA) is 66.8 Å². The van der Waals surface area contributed by atoms with Crippen molar-refractivity contribution in [3.8, 4) is 0 Å². The summed E-state index contributed by atoms with van der Waals surface area (Å²) >= 11 is 4.86. The molecule has 1 amide bonds. The van der Waals surface area contributed by atoms with E-state index in [4.69, 9.17) is 0 Å². The fraction of sp³-hybridized carbons (Fsp3) is 0.500. The second-order valence-corrected chi connectivity index (χ2v) is 10.5. The van der Waals surface area contributed by atoms with Crippen LogP contribution in [0.15, 0.2) is 33.7 Å². The molecule has 2 fully saturated rings. The normalized spacial score (nSPS) is 28.1. The van der Waals surface area contributed by atoms with Gasteiger partial charge >= 0.3 is 0 Å². The number of anilines is 1. The molecule has 1 aromatic rings. The first-order valence-corrected chi connectivity index (χ1v) is 11.3. The van der Waals surface area contributed by atoms with Crippen LogP contribution in [0.25, 0.3) is 0 Å². The highest BCUT2D eigenvalue weighted by molar-refractivity contribution is 9.10. The highest BCUT2D eigenvalue weighted by atomic mass is 79.9. The van der Waals surface area contributed by atoms with Crippen molar-refractivity contribution in [1.29, 1.82) is 0 Å². The van der Waals surface area contributed by atoms with Gasteiger partial charge in [0.15, 0.2) is 15.0 Å². The first-order chi connectivity index (χ1) is 11.3. The number of nitrogens with zero attached hydrogens (tertiary/aromatic N) is 2. The molecule has 2 saturated heterocycles. The zero-order valence-corrected chi connectivity index (χ0v) is 16.7. The van der Waals surface area contributed by atoms with E-state index in [0.29, 0.717) is 5.17 Å². The summed E-state index contributed by atoms with van der Waals surface area (Å²) in [6.45, 7) is 3.82. The van der Waals surface area contributed by atoms with Crippen LogP contribution in [-0.2, 0) is 14.6 Å². The van der Waals surface area contributed by atoms with Crippen molar-refractivity contribution < 1.29 is 13.2 Å². The maximum atomic E-state index is 12.3. The van der Waals surface area contributed by atoms with Gasteiger partial charge in [0.2, 0.25) is 0 Å². The summed E-state index contributed by atoms with van der Waals surface area (Å²) in [5, 5.41) is 0.542. The molecule has 1 aromatic carbocycles. The van der Waals surface area contributed by atoms with E-state index < -0.39 is 9.84 Å². The van der Waals surface area contributed by atoms with Gasteiger partial charge in [-0.2, -0.15) is 4.99 Å². The highest BCUT2D eigenvalue weighted by Gasteiger charge is 2.49. The van der Waals surface area contributed by atoms with Crippen molar-refractivity contribution in [3.63, 3.8) is 0 Å². The lowest BCUT2D eigenvalue weighted by Gasteiger charge is -2.24. The molecule has 130 valence electrons. The van der Waals surface area contributed by atoms with Crippen LogP contribution >= 0.6 is 27.7 Å². The Labute approximate surface area is 155 Å². The minimum absolute atomic E-state index is 0.0718. The minimum atomic E-state index is -3.04. The van der Waals surface area contributed by atoms with Gasteiger partial charge < -0.3 is 4.90 Å². The Bertz CT molecular complexity index is 794. The SMILES string of the molecule is CC[C@H](C)C(=O)N=C1S[C@@H]2CS(=O)(=O)C[C@@H]2N1c1cccc(Br)c1. The van der Waals surface area contributed by atoms with Crippen LogP contribution < -0.4 is 4.90 Å². The van der Waals surface area contributed by atoms with Crippen molar-refractivity contribution in [2.24, 2.45) is 10.9 Å². The van der Waals surface area contributed by atoms with E-state index in [9.17, 15) is 13.2 Å². The van der Waals surface area contributed by atoms with Crippen LogP contribution in [0.4, 0.5) is 5.69 Å². The van der Waals surface area contributed by atoms with Gasteiger partial charge in [-0.05, 0) is 24.6 Å². The van der Waals surface area contributed by atoms with E-state index >= 15 is 0 Å². The zero-order valence-electron chi connectivity index (χ0n) is 13.5. The Kier molecular flexibility index (Phi) is 5.09. The van der Waals surface area contributed by atoms with Gasteiger partial charge in [0.1, 0.15) is 0 Å². The second-order valence-electron chi connectivity index (χ2n) is 6.19. The number of rotatable bonds is 3. The molecular formula is C16H19BrN2O3S2. The summed E-state index contributed by atoms with van der Waals surface area (Å²) in [6, 6.07) is 7.49. The van der Waals surface area contributed by atoms with Crippen LogP contribution in [0, 0.1) is 5.92 Å². The lowest BCUT2D eigenvalue weighted by molar-refractivity contribution is -0.121. The first kappa shape index (κ1) is 17.9. The van der Waals surface area contributed by atoms with E-state index in [0.717, 1.165) is 16.6 Å². The number of amidine groups is 1. The number of aliphatic imine (C=N–C) groups is 1. The maximum absolute atomic E-state index is 12.3. The number of hydrogen-bond donors (Lipinski definition) is 0. The molecule has 0 aromatic heterocycles. The van der Waals surface area contributed by atoms with Crippen molar-refractivity contribution >= 4 is 54.3 Å². The largest absolute Gasteiger partial charge is 0.316 e. The van der Waals surface area contributed by atoms with Crippen LogP contribution in [0.3, 0.4) is 0 Å². The van der Waals surface area contributed by atoms with E-state index in [1.54, 1.807) is 0 Å². The molecule has 0 unspecified atom stereocenters. The molecule has 0 saturated carbocycles. The first-order valence-electron chi connectivity index (χ1n) is 7.85. The molecule has 5 nitrogen and oxygen atoms in total. The van der Waals surface area contributed by atoms with Gasteiger partial charge in [-0.15, -0.1) is 0 Å².